The molecule has 2 fully saturated rings. The molecule has 0 nitrogen and oxygen atoms in total. The third-order valence-corrected chi connectivity index (χ3v) is 3.40. The van der Waals surface area contributed by atoms with E-state index in [0.717, 1.165) is 11.8 Å². The van der Waals surface area contributed by atoms with Crippen LogP contribution in [-0.2, 0) is 0 Å². The summed E-state index contributed by atoms with van der Waals surface area (Å²) in [6.45, 7) is 2.20. The van der Waals surface area contributed by atoms with E-state index in [-0.39, 0.29) is 0 Å². The second-order valence-corrected chi connectivity index (χ2v) is 4.25. The fourth-order valence-electron chi connectivity index (χ4n) is 2.83. The van der Waals surface area contributed by atoms with Crippen LogP contribution < -0.4 is 0 Å². The quantitative estimate of drug-likeness (QED) is 0.463. The molecule has 2 bridgehead atoms. The minimum Gasteiger partial charge on any atom is -0.0884 e. The molecule has 2 unspecified atom stereocenters. The highest BCUT2D eigenvalue weighted by atomic mass is 14.3. The van der Waals surface area contributed by atoms with Crippen molar-refractivity contribution < 1.29 is 0 Å². The zero-order valence-corrected chi connectivity index (χ0v) is 7.47. The third kappa shape index (κ3) is 1.50. The van der Waals surface area contributed by atoms with Gasteiger partial charge in [0.1, 0.15) is 0 Å². The molecule has 62 valence electrons. The number of rotatable bonds is 0. The summed E-state index contributed by atoms with van der Waals surface area (Å²) in [6, 6.07) is 0. The number of allylic oxidation sites excluding steroid dienone is 2. The van der Waals surface area contributed by atoms with Crippen LogP contribution in [0.5, 0.6) is 0 Å². The highest BCUT2D eigenvalue weighted by Crippen LogP contribution is 2.41. The van der Waals surface area contributed by atoms with Crippen molar-refractivity contribution in [1.82, 2.24) is 0 Å². The van der Waals surface area contributed by atoms with Crippen LogP contribution in [0.25, 0.3) is 0 Å². The lowest BCUT2D eigenvalue weighted by atomic mass is 9.70. The Morgan fingerprint density at radius 3 is 2.36 bits per heavy atom. The lowest BCUT2D eigenvalue weighted by Crippen LogP contribution is -2.21. The molecule has 0 aromatic rings. The summed E-state index contributed by atoms with van der Waals surface area (Å²) in [4.78, 5) is 0. The highest BCUT2D eigenvalue weighted by Gasteiger charge is 2.27. The second kappa shape index (κ2) is 3.00. The van der Waals surface area contributed by atoms with Gasteiger partial charge in [-0.25, -0.2) is 0 Å². The Balaban J connectivity index is 2.05. The van der Waals surface area contributed by atoms with Gasteiger partial charge < -0.3 is 0 Å². The summed E-state index contributed by atoms with van der Waals surface area (Å²) >= 11 is 0. The molecule has 0 amide bonds. The van der Waals surface area contributed by atoms with E-state index >= 15 is 0 Å². The third-order valence-electron chi connectivity index (χ3n) is 3.40. The molecule has 11 heavy (non-hydrogen) atoms. The maximum absolute atomic E-state index is 2.35. The Hall–Kier alpha value is -0.260. The van der Waals surface area contributed by atoms with Crippen LogP contribution in [0, 0.1) is 11.8 Å². The molecule has 0 aliphatic heterocycles. The summed E-state index contributed by atoms with van der Waals surface area (Å²) < 4.78 is 0. The van der Waals surface area contributed by atoms with Crippen LogP contribution in [0.4, 0.5) is 0 Å². The largest absolute Gasteiger partial charge is 0.0884 e. The Bertz CT molecular complexity index is 153. The van der Waals surface area contributed by atoms with Gasteiger partial charge in [0, 0.05) is 0 Å². The Morgan fingerprint density at radius 2 is 1.82 bits per heavy atom. The Morgan fingerprint density at radius 1 is 1.18 bits per heavy atom. The van der Waals surface area contributed by atoms with Crippen LogP contribution in [0.1, 0.15) is 45.4 Å². The number of fused-ring (bicyclic) bond motifs is 2. The first-order chi connectivity index (χ1) is 5.38. The first kappa shape index (κ1) is 7.39. The maximum Gasteiger partial charge on any atom is -0.0292 e. The van der Waals surface area contributed by atoms with Crippen LogP contribution in [0.2, 0.25) is 0 Å². The monoisotopic (exact) mass is 150 g/mol. The molecule has 0 radical (unpaired) electrons. The van der Waals surface area contributed by atoms with E-state index in [9.17, 15) is 0 Å². The van der Waals surface area contributed by atoms with Crippen molar-refractivity contribution in [2.24, 2.45) is 11.8 Å². The topological polar surface area (TPSA) is 0 Å². The van der Waals surface area contributed by atoms with E-state index < -0.39 is 0 Å². The van der Waals surface area contributed by atoms with Gasteiger partial charge in [-0.15, -0.1) is 0 Å². The molecule has 2 atom stereocenters. The molecule has 2 aliphatic carbocycles. The summed E-state index contributed by atoms with van der Waals surface area (Å²) in [7, 11) is 0. The lowest BCUT2D eigenvalue weighted by Gasteiger charge is -2.35. The molecule has 0 heterocycles. The van der Waals surface area contributed by atoms with Crippen molar-refractivity contribution in [1.29, 1.82) is 0 Å². The Labute approximate surface area is 69.7 Å². The number of hydrogen-bond donors (Lipinski definition) is 0. The first-order valence-electron chi connectivity index (χ1n) is 5.02. The van der Waals surface area contributed by atoms with E-state index in [0.29, 0.717) is 0 Å². The van der Waals surface area contributed by atoms with Crippen LogP contribution in [-0.4, -0.2) is 0 Å². The van der Waals surface area contributed by atoms with Crippen molar-refractivity contribution in [3.05, 3.63) is 11.6 Å². The zero-order chi connectivity index (χ0) is 7.68. The van der Waals surface area contributed by atoms with Crippen molar-refractivity contribution in [3.63, 3.8) is 0 Å². The molecule has 2 saturated carbocycles. The fraction of sp³-hybridized carbons (Fsp3) is 0.818. The van der Waals surface area contributed by atoms with E-state index in [1.165, 1.54) is 38.5 Å². The predicted molar refractivity (Wildman–Crippen MR) is 48.4 cm³/mol. The smallest absolute Gasteiger partial charge is 0.0292 e. The molecule has 0 saturated heterocycles. The van der Waals surface area contributed by atoms with Gasteiger partial charge in [-0.1, -0.05) is 30.9 Å². The van der Waals surface area contributed by atoms with Gasteiger partial charge in [0.25, 0.3) is 0 Å². The van der Waals surface area contributed by atoms with Crippen molar-refractivity contribution in [2.45, 2.75) is 45.4 Å². The van der Waals surface area contributed by atoms with Gasteiger partial charge in [0.05, 0.1) is 0 Å². The molecular formula is C11H18. The highest BCUT2D eigenvalue weighted by molar-refractivity contribution is 5.07. The minimum absolute atomic E-state index is 1.06. The molecule has 2 rings (SSSR count). The predicted octanol–water partition coefficient (Wildman–Crippen LogP) is 3.53. The summed E-state index contributed by atoms with van der Waals surface area (Å²) in [5, 5.41) is 0. The van der Waals surface area contributed by atoms with E-state index in [2.05, 4.69) is 13.0 Å². The summed E-state index contributed by atoms with van der Waals surface area (Å²) in [5.74, 6) is 2.13. The van der Waals surface area contributed by atoms with Gasteiger partial charge >= 0.3 is 0 Å². The van der Waals surface area contributed by atoms with E-state index in [1.54, 1.807) is 5.57 Å². The molecule has 0 aromatic heterocycles. The molecular weight excluding hydrogens is 132 g/mol. The molecule has 2 aliphatic rings. The number of hydrogen-bond acceptors (Lipinski definition) is 0. The van der Waals surface area contributed by atoms with Crippen LogP contribution >= 0.6 is 0 Å². The molecule has 0 aromatic carbocycles. The van der Waals surface area contributed by atoms with E-state index in [4.69, 9.17) is 0 Å². The van der Waals surface area contributed by atoms with Crippen molar-refractivity contribution in [2.75, 3.05) is 0 Å². The molecule has 0 heteroatoms. The fourth-order valence-corrected chi connectivity index (χ4v) is 2.83. The second-order valence-electron chi connectivity index (χ2n) is 4.25. The van der Waals surface area contributed by atoms with Gasteiger partial charge in [-0.05, 0) is 38.0 Å². The zero-order valence-electron chi connectivity index (χ0n) is 7.47. The van der Waals surface area contributed by atoms with Crippen molar-refractivity contribution in [3.8, 4) is 0 Å². The maximum atomic E-state index is 2.35. The standard InChI is InChI=1S/C11H18/c1-2-9-6-10-4-3-5-11(7-9)8-10/h2,10-11H,3-8H2,1H3. The van der Waals surface area contributed by atoms with Gasteiger partial charge in [0.15, 0.2) is 0 Å². The molecule has 0 spiro atoms. The average molecular weight is 150 g/mol. The van der Waals surface area contributed by atoms with Gasteiger partial charge in [-0.3, -0.25) is 0 Å². The normalized spacial score (nSPS) is 37.0. The lowest BCUT2D eigenvalue weighted by molar-refractivity contribution is 0.228. The minimum atomic E-state index is 1.06. The van der Waals surface area contributed by atoms with E-state index in [1.807, 2.05) is 0 Å². The summed E-state index contributed by atoms with van der Waals surface area (Å²) in [5.41, 5.74) is 1.74. The molecule has 0 N–H and O–H groups in total. The van der Waals surface area contributed by atoms with Gasteiger partial charge in [-0.2, -0.15) is 0 Å². The van der Waals surface area contributed by atoms with Crippen LogP contribution in [0.3, 0.4) is 0 Å². The van der Waals surface area contributed by atoms with Crippen molar-refractivity contribution >= 4 is 0 Å². The van der Waals surface area contributed by atoms with Gasteiger partial charge in [0.2, 0.25) is 0 Å². The Kier molecular flexibility index (Phi) is 2.02. The average Bonchev–Trinajstić information content (AvgIpc) is 2.03. The summed E-state index contributed by atoms with van der Waals surface area (Å²) in [6.07, 6.45) is 11.3. The SMILES string of the molecule is CC=C1CC2CCCC(C1)C2. The first-order valence-corrected chi connectivity index (χ1v) is 5.02. The van der Waals surface area contributed by atoms with Crippen LogP contribution in [0.15, 0.2) is 11.6 Å².